The molecule has 1 unspecified atom stereocenters. The summed E-state index contributed by atoms with van der Waals surface area (Å²) in [6.45, 7) is 6.02. The zero-order valence-corrected chi connectivity index (χ0v) is 12.3. The lowest BCUT2D eigenvalue weighted by Gasteiger charge is -2.24. The molecule has 0 aliphatic rings. The van der Waals surface area contributed by atoms with Crippen LogP contribution in [0.5, 0.6) is 0 Å². The maximum absolute atomic E-state index is 12.2. The quantitative estimate of drug-likeness (QED) is 0.785. The maximum Gasteiger partial charge on any atom is 0.341 e. The van der Waals surface area contributed by atoms with Gasteiger partial charge in [0.25, 0.3) is 0 Å². The monoisotopic (exact) mass is 284 g/mol. The Balaban J connectivity index is 2.86. The second-order valence-electron chi connectivity index (χ2n) is 4.46. The van der Waals surface area contributed by atoms with Gasteiger partial charge in [0.05, 0.1) is 17.6 Å². The average molecular weight is 284 g/mol. The first-order chi connectivity index (χ1) is 8.98. The van der Waals surface area contributed by atoms with Gasteiger partial charge in [-0.3, -0.25) is 4.79 Å². The van der Waals surface area contributed by atoms with Crippen LogP contribution in [0.3, 0.4) is 0 Å². The fourth-order valence-corrected chi connectivity index (χ4v) is 2.20. The summed E-state index contributed by atoms with van der Waals surface area (Å²) in [6.07, 6.45) is 0.634. The van der Waals surface area contributed by atoms with Crippen molar-refractivity contribution in [2.45, 2.75) is 27.2 Å². The molecule has 0 aromatic carbocycles. The van der Waals surface area contributed by atoms with Gasteiger partial charge in [0, 0.05) is 6.54 Å². The van der Waals surface area contributed by atoms with Gasteiger partial charge < -0.3 is 15.8 Å². The summed E-state index contributed by atoms with van der Waals surface area (Å²) in [7, 11) is 0. The number of nitrogens with one attached hydrogen (secondary N) is 1. The number of thiophene rings is 1. The summed E-state index contributed by atoms with van der Waals surface area (Å²) in [5, 5.41) is 5.03. The van der Waals surface area contributed by atoms with Gasteiger partial charge >= 0.3 is 5.97 Å². The van der Waals surface area contributed by atoms with E-state index in [1.807, 2.05) is 6.92 Å². The number of hydrogen-bond acceptors (Lipinski definition) is 5. The number of carbonyl (C=O) groups excluding carboxylic acids is 2. The minimum atomic E-state index is -0.629. The summed E-state index contributed by atoms with van der Waals surface area (Å²) >= 11 is 1.30. The van der Waals surface area contributed by atoms with E-state index in [1.165, 1.54) is 11.3 Å². The Bertz CT molecular complexity index is 452. The highest BCUT2D eigenvalue weighted by Gasteiger charge is 2.30. The Morgan fingerprint density at radius 1 is 1.47 bits per heavy atom. The average Bonchev–Trinajstić information content (AvgIpc) is 2.86. The van der Waals surface area contributed by atoms with E-state index in [0.717, 1.165) is 0 Å². The third kappa shape index (κ3) is 3.54. The van der Waals surface area contributed by atoms with Gasteiger partial charge in [-0.2, -0.15) is 0 Å². The number of ether oxygens (including phenoxy) is 1. The molecule has 0 aliphatic heterocycles. The third-order valence-corrected chi connectivity index (χ3v) is 4.00. The van der Waals surface area contributed by atoms with E-state index in [2.05, 4.69) is 5.32 Å². The molecule has 0 bridgehead atoms. The van der Waals surface area contributed by atoms with Crippen LogP contribution >= 0.6 is 11.3 Å². The highest BCUT2D eigenvalue weighted by atomic mass is 32.1. The molecule has 3 N–H and O–H groups in total. The lowest BCUT2D eigenvalue weighted by molar-refractivity contribution is -0.124. The topological polar surface area (TPSA) is 81.4 Å². The molecule has 1 aromatic rings. The van der Waals surface area contributed by atoms with Crippen molar-refractivity contribution in [1.29, 1.82) is 0 Å². The predicted octanol–water partition coefficient (Wildman–Crippen LogP) is 2.24. The Kier molecular flexibility index (Phi) is 5.50. The number of nitrogens with two attached hydrogens (primary N) is 1. The summed E-state index contributed by atoms with van der Waals surface area (Å²) in [6, 6.07) is 1.64. The lowest BCUT2D eigenvalue weighted by Crippen LogP contribution is -2.39. The first-order valence-electron chi connectivity index (χ1n) is 6.24. The largest absolute Gasteiger partial charge is 0.462 e. The van der Waals surface area contributed by atoms with Gasteiger partial charge in [-0.1, -0.05) is 6.92 Å². The SMILES string of the molecule is CCOC(=O)c1ccsc1NC(=O)C(C)(CC)CN. The van der Waals surface area contributed by atoms with Crippen LogP contribution in [0.2, 0.25) is 0 Å². The molecule has 6 heteroatoms. The Morgan fingerprint density at radius 3 is 2.68 bits per heavy atom. The van der Waals surface area contributed by atoms with E-state index < -0.39 is 11.4 Å². The van der Waals surface area contributed by atoms with Crippen molar-refractivity contribution in [3.8, 4) is 0 Å². The van der Waals surface area contributed by atoms with Crippen molar-refractivity contribution in [2.75, 3.05) is 18.5 Å². The molecule has 1 atom stereocenters. The van der Waals surface area contributed by atoms with Crippen LogP contribution in [0.15, 0.2) is 11.4 Å². The smallest absolute Gasteiger partial charge is 0.341 e. The number of rotatable bonds is 6. The van der Waals surface area contributed by atoms with Crippen molar-refractivity contribution in [3.05, 3.63) is 17.0 Å². The third-order valence-electron chi connectivity index (χ3n) is 3.17. The number of amides is 1. The molecule has 0 fully saturated rings. The Hall–Kier alpha value is -1.40. The number of esters is 1. The lowest BCUT2D eigenvalue weighted by atomic mass is 9.87. The Labute approximate surface area is 117 Å². The summed E-state index contributed by atoms with van der Waals surface area (Å²) < 4.78 is 4.94. The molecule has 1 aromatic heterocycles. The highest BCUT2D eigenvalue weighted by molar-refractivity contribution is 7.14. The van der Waals surface area contributed by atoms with E-state index >= 15 is 0 Å². The standard InChI is InChI=1S/C13H20N2O3S/c1-4-13(3,8-14)12(17)15-10-9(6-7-19-10)11(16)18-5-2/h6-7H,4-5,8,14H2,1-3H3,(H,15,17). The maximum atomic E-state index is 12.2. The van der Waals surface area contributed by atoms with Crippen molar-refractivity contribution in [1.82, 2.24) is 0 Å². The van der Waals surface area contributed by atoms with E-state index in [9.17, 15) is 9.59 Å². The van der Waals surface area contributed by atoms with Crippen molar-refractivity contribution in [3.63, 3.8) is 0 Å². The molecule has 1 amide bonds. The molecule has 0 spiro atoms. The van der Waals surface area contributed by atoms with Gasteiger partial charge in [-0.15, -0.1) is 11.3 Å². The predicted molar refractivity (Wildman–Crippen MR) is 76.4 cm³/mol. The zero-order chi connectivity index (χ0) is 14.5. The van der Waals surface area contributed by atoms with Crippen LogP contribution < -0.4 is 11.1 Å². The van der Waals surface area contributed by atoms with E-state index in [-0.39, 0.29) is 12.5 Å². The fourth-order valence-electron chi connectivity index (χ4n) is 1.43. The minimum Gasteiger partial charge on any atom is -0.462 e. The Morgan fingerprint density at radius 2 is 2.16 bits per heavy atom. The van der Waals surface area contributed by atoms with Crippen LogP contribution in [-0.4, -0.2) is 25.0 Å². The second kappa shape index (κ2) is 6.68. The van der Waals surface area contributed by atoms with Gasteiger partial charge in [-0.05, 0) is 31.7 Å². The van der Waals surface area contributed by atoms with Crippen LogP contribution in [0.4, 0.5) is 5.00 Å². The normalized spacial score (nSPS) is 13.7. The molecule has 5 nitrogen and oxygen atoms in total. The first kappa shape index (κ1) is 15.7. The van der Waals surface area contributed by atoms with Crippen LogP contribution in [0, 0.1) is 5.41 Å². The first-order valence-corrected chi connectivity index (χ1v) is 7.12. The molecular weight excluding hydrogens is 264 g/mol. The molecule has 0 saturated heterocycles. The van der Waals surface area contributed by atoms with Crippen molar-refractivity contribution < 1.29 is 14.3 Å². The van der Waals surface area contributed by atoms with Crippen LogP contribution in [0.25, 0.3) is 0 Å². The van der Waals surface area contributed by atoms with Crippen LogP contribution in [-0.2, 0) is 9.53 Å². The minimum absolute atomic E-state index is 0.175. The molecule has 1 rings (SSSR count). The number of hydrogen-bond donors (Lipinski definition) is 2. The highest BCUT2D eigenvalue weighted by Crippen LogP contribution is 2.28. The molecule has 106 valence electrons. The van der Waals surface area contributed by atoms with Gasteiger partial charge in [-0.25, -0.2) is 4.79 Å². The summed E-state index contributed by atoms with van der Waals surface area (Å²) in [5.41, 5.74) is 5.40. The molecule has 19 heavy (non-hydrogen) atoms. The van der Waals surface area contributed by atoms with Crippen molar-refractivity contribution >= 4 is 28.2 Å². The molecule has 1 heterocycles. The van der Waals surface area contributed by atoms with Gasteiger partial charge in [0.2, 0.25) is 5.91 Å². The zero-order valence-electron chi connectivity index (χ0n) is 11.5. The molecule has 0 saturated carbocycles. The van der Waals surface area contributed by atoms with Crippen molar-refractivity contribution in [2.24, 2.45) is 11.1 Å². The van der Waals surface area contributed by atoms with Gasteiger partial charge in [0.15, 0.2) is 0 Å². The molecule has 0 radical (unpaired) electrons. The van der Waals surface area contributed by atoms with Gasteiger partial charge in [0.1, 0.15) is 5.00 Å². The fraction of sp³-hybridized carbons (Fsp3) is 0.538. The van der Waals surface area contributed by atoms with E-state index in [0.29, 0.717) is 23.6 Å². The second-order valence-corrected chi connectivity index (χ2v) is 5.37. The van der Waals surface area contributed by atoms with E-state index in [4.69, 9.17) is 10.5 Å². The molecular formula is C13H20N2O3S. The van der Waals surface area contributed by atoms with Crippen LogP contribution in [0.1, 0.15) is 37.6 Å². The summed E-state index contributed by atoms with van der Waals surface area (Å²) in [4.78, 5) is 23.9. The number of carbonyl (C=O) groups is 2. The van der Waals surface area contributed by atoms with E-state index in [1.54, 1.807) is 25.3 Å². The molecule has 0 aliphatic carbocycles. The summed E-state index contributed by atoms with van der Waals surface area (Å²) in [5.74, 6) is -0.601. The number of anilines is 1.